The molecule has 1 aliphatic rings. The van der Waals surface area contributed by atoms with E-state index >= 15 is 0 Å². The van der Waals surface area contributed by atoms with Gasteiger partial charge in [-0.15, -0.1) is 0 Å². The molecule has 1 fully saturated rings. The van der Waals surface area contributed by atoms with Gasteiger partial charge in [-0.3, -0.25) is 9.78 Å². The maximum absolute atomic E-state index is 12.2. The molecule has 4 nitrogen and oxygen atoms in total. The second-order valence-corrected chi connectivity index (χ2v) is 5.12. The molecule has 1 aromatic heterocycles. The Morgan fingerprint density at radius 3 is 2.94 bits per heavy atom. The summed E-state index contributed by atoms with van der Waals surface area (Å²) in [5.41, 5.74) is 1.47. The molecule has 4 heteroatoms. The summed E-state index contributed by atoms with van der Waals surface area (Å²) in [5.74, 6) is 1.45. The van der Waals surface area contributed by atoms with Gasteiger partial charge in [-0.2, -0.15) is 0 Å². The molecule has 0 aliphatic heterocycles. The molecule has 0 spiro atoms. The van der Waals surface area contributed by atoms with Crippen LogP contribution in [0.2, 0.25) is 0 Å². The van der Waals surface area contributed by atoms with Crippen molar-refractivity contribution in [1.29, 1.82) is 0 Å². The van der Waals surface area contributed by atoms with E-state index in [4.69, 9.17) is 0 Å². The van der Waals surface area contributed by atoms with Gasteiger partial charge in [0.2, 0.25) is 0 Å². The lowest BCUT2D eigenvalue weighted by Crippen LogP contribution is -2.29. The number of rotatable bonds is 5. The van der Waals surface area contributed by atoms with Crippen molar-refractivity contribution in [2.24, 2.45) is 11.8 Å². The second-order valence-electron chi connectivity index (χ2n) is 5.12. The van der Waals surface area contributed by atoms with E-state index in [1.807, 2.05) is 26.1 Å². The lowest BCUT2D eigenvalue weighted by molar-refractivity contribution is 0.0781. The van der Waals surface area contributed by atoms with E-state index in [-0.39, 0.29) is 5.91 Å². The molecule has 18 heavy (non-hydrogen) atoms. The summed E-state index contributed by atoms with van der Waals surface area (Å²) >= 11 is 0. The number of hydrogen-bond donors (Lipinski definition) is 1. The van der Waals surface area contributed by atoms with Crippen LogP contribution in [0.1, 0.15) is 30.8 Å². The predicted octanol–water partition coefficient (Wildman–Crippen LogP) is 2.24. The van der Waals surface area contributed by atoms with Crippen LogP contribution in [0.25, 0.3) is 0 Å². The van der Waals surface area contributed by atoms with Crippen LogP contribution in [0.4, 0.5) is 5.69 Å². The first-order valence-electron chi connectivity index (χ1n) is 6.57. The van der Waals surface area contributed by atoms with Crippen LogP contribution in [0.15, 0.2) is 18.3 Å². The third-order valence-corrected chi connectivity index (χ3v) is 3.49. The highest BCUT2D eigenvalue weighted by molar-refractivity contribution is 5.93. The normalized spacial score (nSPS) is 21.5. The zero-order chi connectivity index (χ0) is 13.1. The van der Waals surface area contributed by atoms with E-state index in [0.29, 0.717) is 11.6 Å². The number of nitrogens with zero attached hydrogens (tertiary/aromatic N) is 2. The van der Waals surface area contributed by atoms with Crippen molar-refractivity contribution in [3.8, 4) is 0 Å². The third kappa shape index (κ3) is 3.00. The van der Waals surface area contributed by atoms with E-state index in [0.717, 1.165) is 24.7 Å². The summed E-state index contributed by atoms with van der Waals surface area (Å²) in [7, 11) is 1.86. The Kier molecular flexibility index (Phi) is 3.84. The van der Waals surface area contributed by atoms with Crippen LogP contribution in [0.3, 0.4) is 0 Å². The number of aromatic nitrogens is 1. The standard InChI is InChI=1S/C14H21N3O/c1-4-15-12-5-6-16-13(8-12)14(18)17(3)9-11-7-10(11)2/h5-6,8,10-11H,4,7,9H2,1-3H3,(H,15,16). The maximum atomic E-state index is 12.2. The highest BCUT2D eigenvalue weighted by Crippen LogP contribution is 2.38. The van der Waals surface area contributed by atoms with Gasteiger partial charge in [-0.05, 0) is 37.3 Å². The summed E-state index contributed by atoms with van der Waals surface area (Å²) < 4.78 is 0. The minimum atomic E-state index is 0.00820. The number of amides is 1. The topological polar surface area (TPSA) is 45.2 Å². The molecule has 1 heterocycles. The van der Waals surface area contributed by atoms with Crippen molar-refractivity contribution in [3.63, 3.8) is 0 Å². The van der Waals surface area contributed by atoms with Crippen molar-refractivity contribution in [2.45, 2.75) is 20.3 Å². The molecular weight excluding hydrogens is 226 g/mol. The van der Waals surface area contributed by atoms with Crippen LogP contribution in [-0.2, 0) is 0 Å². The smallest absolute Gasteiger partial charge is 0.272 e. The quantitative estimate of drug-likeness (QED) is 0.868. The van der Waals surface area contributed by atoms with Crippen LogP contribution in [0, 0.1) is 11.8 Å². The first-order chi connectivity index (χ1) is 8.61. The lowest BCUT2D eigenvalue weighted by Gasteiger charge is -2.17. The summed E-state index contributed by atoms with van der Waals surface area (Å²) in [6.07, 6.45) is 2.92. The number of nitrogens with one attached hydrogen (secondary N) is 1. The molecule has 2 atom stereocenters. The predicted molar refractivity (Wildman–Crippen MR) is 72.6 cm³/mol. The Hall–Kier alpha value is -1.58. The van der Waals surface area contributed by atoms with Gasteiger partial charge in [0.1, 0.15) is 5.69 Å². The molecular formula is C14H21N3O. The van der Waals surface area contributed by atoms with Gasteiger partial charge in [-0.1, -0.05) is 6.92 Å². The first kappa shape index (κ1) is 12.9. The molecule has 0 radical (unpaired) electrons. The SMILES string of the molecule is CCNc1ccnc(C(=O)N(C)CC2CC2C)c1. The van der Waals surface area contributed by atoms with Crippen molar-refractivity contribution in [1.82, 2.24) is 9.88 Å². The summed E-state index contributed by atoms with van der Waals surface area (Å²) in [5, 5.41) is 3.19. The number of hydrogen-bond acceptors (Lipinski definition) is 3. The highest BCUT2D eigenvalue weighted by Gasteiger charge is 2.34. The van der Waals surface area contributed by atoms with Crippen molar-refractivity contribution in [2.75, 3.05) is 25.5 Å². The molecule has 0 bridgehead atoms. The van der Waals surface area contributed by atoms with E-state index < -0.39 is 0 Å². The molecule has 1 saturated carbocycles. The number of carbonyl (C=O) groups is 1. The fourth-order valence-electron chi connectivity index (χ4n) is 2.15. The number of carbonyl (C=O) groups excluding carboxylic acids is 1. The van der Waals surface area contributed by atoms with Gasteiger partial charge in [0.15, 0.2) is 0 Å². The van der Waals surface area contributed by atoms with Crippen molar-refractivity contribution in [3.05, 3.63) is 24.0 Å². The zero-order valence-corrected chi connectivity index (χ0v) is 11.3. The Balaban J connectivity index is 2.00. The van der Waals surface area contributed by atoms with Gasteiger partial charge in [-0.25, -0.2) is 0 Å². The van der Waals surface area contributed by atoms with Gasteiger partial charge in [0.05, 0.1) is 0 Å². The number of pyridine rings is 1. The number of anilines is 1. The minimum Gasteiger partial charge on any atom is -0.385 e. The highest BCUT2D eigenvalue weighted by atomic mass is 16.2. The summed E-state index contributed by atoms with van der Waals surface area (Å²) in [6, 6.07) is 3.70. The molecule has 98 valence electrons. The average molecular weight is 247 g/mol. The fourth-order valence-corrected chi connectivity index (χ4v) is 2.15. The van der Waals surface area contributed by atoms with E-state index in [2.05, 4.69) is 17.2 Å². The zero-order valence-electron chi connectivity index (χ0n) is 11.3. The molecule has 1 amide bonds. The summed E-state index contributed by atoms with van der Waals surface area (Å²) in [4.78, 5) is 18.1. The van der Waals surface area contributed by atoms with Crippen molar-refractivity contribution < 1.29 is 4.79 Å². The van der Waals surface area contributed by atoms with Gasteiger partial charge < -0.3 is 10.2 Å². The molecule has 2 rings (SSSR count). The van der Waals surface area contributed by atoms with Crippen LogP contribution < -0.4 is 5.32 Å². The van der Waals surface area contributed by atoms with E-state index in [1.54, 1.807) is 11.1 Å². The Morgan fingerprint density at radius 2 is 2.33 bits per heavy atom. The summed E-state index contributed by atoms with van der Waals surface area (Å²) in [6.45, 7) is 5.94. The largest absolute Gasteiger partial charge is 0.385 e. The van der Waals surface area contributed by atoms with Crippen LogP contribution in [-0.4, -0.2) is 35.9 Å². The van der Waals surface area contributed by atoms with Crippen molar-refractivity contribution >= 4 is 11.6 Å². The molecule has 1 aliphatic carbocycles. The van der Waals surface area contributed by atoms with Gasteiger partial charge >= 0.3 is 0 Å². The third-order valence-electron chi connectivity index (χ3n) is 3.49. The lowest BCUT2D eigenvalue weighted by atomic mass is 10.2. The fraction of sp³-hybridized carbons (Fsp3) is 0.571. The maximum Gasteiger partial charge on any atom is 0.272 e. The molecule has 2 unspecified atom stereocenters. The molecule has 0 saturated heterocycles. The van der Waals surface area contributed by atoms with E-state index in [9.17, 15) is 4.79 Å². The Morgan fingerprint density at radius 1 is 1.61 bits per heavy atom. The van der Waals surface area contributed by atoms with E-state index in [1.165, 1.54) is 6.42 Å². The Labute approximate surface area is 108 Å². The van der Waals surface area contributed by atoms with Gasteiger partial charge in [0.25, 0.3) is 5.91 Å². The monoisotopic (exact) mass is 247 g/mol. The molecule has 1 N–H and O–H groups in total. The first-order valence-corrected chi connectivity index (χ1v) is 6.57. The van der Waals surface area contributed by atoms with Crippen LogP contribution >= 0.6 is 0 Å². The van der Waals surface area contributed by atoms with Gasteiger partial charge in [0, 0.05) is 32.0 Å². The molecule has 0 aromatic carbocycles. The average Bonchev–Trinajstić information content (AvgIpc) is 3.04. The van der Waals surface area contributed by atoms with Crippen LogP contribution in [0.5, 0.6) is 0 Å². The minimum absolute atomic E-state index is 0.00820. The Bertz CT molecular complexity index is 433. The second kappa shape index (κ2) is 5.38. The molecule has 1 aromatic rings.